The Kier molecular flexibility index (Phi) is 6.74. The van der Waals surface area contributed by atoms with E-state index in [-0.39, 0.29) is 11.5 Å². The molecule has 0 amide bonds. The van der Waals surface area contributed by atoms with Crippen molar-refractivity contribution in [3.8, 4) is 23.0 Å². The first-order valence-corrected chi connectivity index (χ1v) is 12.9. The van der Waals surface area contributed by atoms with Gasteiger partial charge in [0.2, 0.25) is 0 Å². The van der Waals surface area contributed by atoms with Gasteiger partial charge in [0.25, 0.3) is 0 Å². The van der Waals surface area contributed by atoms with Crippen LogP contribution in [0.25, 0.3) is 0 Å². The number of ether oxygens (including phenoxy) is 2. The first-order valence-electron chi connectivity index (χ1n) is 11.7. The molecule has 3 aromatic rings. The Morgan fingerprint density at radius 3 is 2.29 bits per heavy atom. The molecule has 0 radical (unpaired) electrons. The normalized spacial score (nSPS) is 22.5. The Morgan fingerprint density at radius 2 is 1.56 bits per heavy atom. The van der Waals surface area contributed by atoms with Crippen LogP contribution in [0, 0.1) is 0 Å². The first kappa shape index (κ1) is 22.7. The van der Waals surface area contributed by atoms with Gasteiger partial charge in [0.15, 0.2) is 0 Å². The highest BCUT2D eigenvalue weighted by molar-refractivity contribution is 7.85. The summed E-state index contributed by atoms with van der Waals surface area (Å²) < 4.78 is 25.9. The maximum Gasteiger partial charge on any atom is 0.143 e. The van der Waals surface area contributed by atoms with Gasteiger partial charge in [-0.1, -0.05) is 30.7 Å². The van der Waals surface area contributed by atoms with Crippen LogP contribution < -0.4 is 9.47 Å². The fourth-order valence-corrected chi connectivity index (χ4v) is 6.30. The summed E-state index contributed by atoms with van der Waals surface area (Å²) in [6.45, 7) is 3.88. The van der Waals surface area contributed by atoms with Crippen molar-refractivity contribution in [2.75, 3.05) is 26.2 Å². The fraction of sp³-hybridized carbons (Fsp3) is 0.333. The molecule has 3 aromatic carbocycles. The van der Waals surface area contributed by atoms with Crippen LogP contribution in [0.4, 0.5) is 0 Å². The summed E-state index contributed by atoms with van der Waals surface area (Å²) in [5, 5.41) is 19.2. The monoisotopic (exact) mass is 479 g/mol. The molecule has 2 heterocycles. The average Bonchev–Trinajstić information content (AvgIpc) is 2.86. The molecular formula is C27H29NO5S. The molecule has 0 aromatic heterocycles. The quantitative estimate of drug-likeness (QED) is 0.521. The van der Waals surface area contributed by atoms with Gasteiger partial charge in [-0.25, -0.2) is 0 Å². The van der Waals surface area contributed by atoms with Crippen LogP contribution in [0.2, 0.25) is 0 Å². The summed E-state index contributed by atoms with van der Waals surface area (Å²) in [4.78, 5) is 2.91. The van der Waals surface area contributed by atoms with Crippen molar-refractivity contribution >= 4 is 10.8 Å². The lowest BCUT2D eigenvalue weighted by Gasteiger charge is -2.33. The number of hydrogen-bond acceptors (Lipinski definition) is 6. The largest absolute Gasteiger partial charge is 0.508 e. The third-order valence-corrected chi connectivity index (χ3v) is 8.19. The minimum absolute atomic E-state index is 0.0460. The van der Waals surface area contributed by atoms with Crippen molar-refractivity contribution in [3.05, 3.63) is 77.9 Å². The van der Waals surface area contributed by atoms with Gasteiger partial charge in [0, 0.05) is 6.54 Å². The number of aromatic hydroxyl groups is 2. The maximum absolute atomic E-state index is 13.6. The predicted molar refractivity (Wildman–Crippen MR) is 131 cm³/mol. The Hall–Kier alpha value is -3.03. The molecule has 2 N–H and O–H groups in total. The number of rotatable bonds is 6. The third kappa shape index (κ3) is 4.91. The van der Waals surface area contributed by atoms with Gasteiger partial charge in [-0.15, -0.1) is 0 Å². The first-order chi connectivity index (χ1) is 16.6. The zero-order chi connectivity index (χ0) is 23.5. The van der Waals surface area contributed by atoms with Crippen LogP contribution in [0.15, 0.2) is 71.6 Å². The molecule has 3 atom stereocenters. The molecule has 6 nitrogen and oxygen atoms in total. The van der Waals surface area contributed by atoms with E-state index in [1.807, 2.05) is 24.3 Å². The summed E-state index contributed by atoms with van der Waals surface area (Å²) in [6, 6.07) is 19.1. The van der Waals surface area contributed by atoms with E-state index in [1.54, 1.807) is 30.3 Å². The minimum Gasteiger partial charge on any atom is -0.508 e. The van der Waals surface area contributed by atoms with Crippen LogP contribution in [-0.2, 0) is 10.8 Å². The number of benzene rings is 3. The number of phenols is 2. The van der Waals surface area contributed by atoms with Crippen molar-refractivity contribution in [2.45, 2.75) is 35.5 Å². The zero-order valence-electron chi connectivity index (χ0n) is 18.9. The SMILES string of the molecule is O=S1c2cc(O)ccc2OC(c2ccc(OCCN3CCCCC3)cc2)C1c1ccc(O)cc1. The predicted octanol–water partition coefficient (Wildman–Crippen LogP) is 4.95. The smallest absolute Gasteiger partial charge is 0.143 e. The van der Waals surface area contributed by atoms with E-state index in [4.69, 9.17) is 9.47 Å². The maximum atomic E-state index is 13.6. The molecule has 1 saturated heterocycles. The number of piperidine rings is 1. The standard InChI is InChI=1S/C27H29NO5S/c29-21-8-4-20(5-9-21)27-26(33-24-13-10-22(30)18-25(24)34(27)31)19-6-11-23(12-7-19)32-17-16-28-14-2-1-3-15-28/h4-13,18,26-27,29-30H,1-3,14-17H2. The molecule has 0 bridgehead atoms. The number of nitrogens with zero attached hydrogens (tertiary/aromatic N) is 1. The molecular weight excluding hydrogens is 450 g/mol. The summed E-state index contributed by atoms with van der Waals surface area (Å²) in [6.07, 6.45) is 3.36. The van der Waals surface area contributed by atoms with Gasteiger partial charge in [0.05, 0.1) is 15.7 Å². The van der Waals surface area contributed by atoms with E-state index >= 15 is 0 Å². The number of hydrogen-bond donors (Lipinski definition) is 2. The van der Waals surface area contributed by atoms with Gasteiger partial charge in [-0.2, -0.15) is 0 Å². The number of fused-ring (bicyclic) bond motifs is 1. The molecule has 1 fully saturated rings. The highest BCUT2D eigenvalue weighted by Crippen LogP contribution is 2.47. The lowest BCUT2D eigenvalue weighted by Crippen LogP contribution is -2.33. The second kappa shape index (κ2) is 10.1. The molecule has 7 heteroatoms. The van der Waals surface area contributed by atoms with Gasteiger partial charge < -0.3 is 19.7 Å². The van der Waals surface area contributed by atoms with Crippen molar-refractivity contribution < 1.29 is 23.9 Å². The summed E-state index contributed by atoms with van der Waals surface area (Å²) in [5.41, 5.74) is 1.67. The van der Waals surface area contributed by atoms with E-state index in [0.29, 0.717) is 17.3 Å². The lowest BCUT2D eigenvalue weighted by atomic mass is 10.00. The molecule has 0 saturated carbocycles. The molecule has 3 unspecified atom stereocenters. The summed E-state index contributed by atoms with van der Waals surface area (Å²) >= 11 is 0. The molecule has 5 rings (SSSR count). The Balaban J connectivity index is 1.37. The van der Waals surface area contributed by atoms with Crippen molar-refractivity contribution in [1.29, 1.82) is 0 Å². The van der Waals surface area contributed by atoms with Crippen molar-refractivity contribution in [2.24, 2.45) is 0 Å². The summed E-state index contributed by atoms with van der Waals surface area (Å²) in [7, 11) is -1.47. The molecule has 2 aliphatic heterocycles. The molecule has 0 spiro atoms. The highest BCUT2D eigenvalue weighted by Gasteiger charge is 2.38. The van der Waals surface area contributed by atoms with Crippen LogP contribution in [0.5, 0.6) is 23.0 Å². The molecule has 0 aliphatic carbocycles. The van der Waals surface area contributed by atoms with E-state index in [1.165, 1.54) is 31.4 Å². The highest BCUT2D eigenvalue weighted by atomic mass is 32.2. The second-order valence-corrected chi connectivity index (χ2v) is 10.3. The molecule has 178 valence electrons. The van der Waals surface area contributed by atoms with E-state index < -0.39 is 22.2 Å². The van der Waals surface area contributed by atoms with E-state index in [9.17, 15) is 14.4 Å². The van der Waals surface area contributed by atoms with E-state index in [2.05, 4.69) is 4.90 Å². The third-order valence-electron chi connectivity index (χ3n) is 6.46. The zero-order valence-corrected chi connectivity index (χ0v) is 19.7. The Bertz CT molecular complexity index is 1140. The number of phenolic OH excluding ortho intramolecular Hbond substituents is 2. The number of likely N-dealkylation sites (tertiary alicyclic amines) is 1. The minimum atomic E-state index is -1.47. The van der Waals surface area contributed by atoms with Gasteiger partial charge >= 0.3 is 0 Å². The average molecular weight is 480 g/mol. The van der Waals surface area contributed by atoms with Crippen LogP contribution in [0.3, 0.4) is 0 Å². The van der Waals surface area contributed by atoms with Gasteiger partial charge in [-0.05, 0) is 79.5 Å². The fourth-order valence-electron chi connectivity index (χ4n) is 4.63. The van der Waals surface area contributed by atoms with Gasteiger partial charge in [0.1, 0.15) is 41.0 Å². The molecule has 34 heavy (non-hydrogen) atoms. The summed E-state index contributed by atoms with van der Waals surface area (Å²) in [5.74, 6) is 1.48. The van der Waals surface area contributed by atoms with Gasteiger partial charge in [-0.3, -0.25) is 9.11 Å². The van der Waals surface area contributed by atoms with Crippen LogP contribution >= 0.6 is 0 Å². The van der Waals surface area contributed by atoms with Crippen molar-refractivity contribution in [1.82, 2.24) is 4.90 Å². The van der Waals surface area contributed by atoms with Crippen LogP contribution in [-0.4, -0.2) is 45.6 Å². The lowest BCUT2D eigenvalue weighted by molar-refractivity contribution is 0.182. The van der Waals surface area contributed by atoms with E-state index in [0.717, 1.165) is 36.5 Å². The van der Waals surface area contributed by atoms with Crippen LogP contribution in [0.1, 0.15) is 41.7 Å². The topological polar surface area (TPSA) is 79.2 Å². The Morgan fingerprint density at radius 1 is 0.882 bits per heavy atom. The Labute approximate surface area is 202 Å². The molecule has 2 aliphatic rings. The van der Waals surface area contributed by atoms with Crippen molar-refractivity contribution in [3.63, 3.8) is 0 Å². The second-order valence-electron chi connectivity index (χ2n) is 8.80.